The minimum atomic E-state index is -4.78. The number of nitrogens with one attached hydrogen (secondary N) is 2. The van der Waals surface area contributed by atoms with Crippen LogP contribution in [0.5, 0.6) is 0 Å². The van der Waals surface area contributed by atoms with Crippen molar-refractivity contribution < 1.29 is 18.0 Å². The number of alkyl halides is 3. The van der Waals surface area contributed by atoms with Crippen molar-refractivity contribution in [2.75, 3.05) is 18.9 Å². The molecule has 0 bridgehead atoms. The van der Waals surface area contributed by atoms with Gasteiger partial charge in [0.2, 0.25) is 0 Å². The lowest BCUT2D eigenvalue weighted by Crippen LogP contribution is -2.20. The number of carbonyl (C=O) groups is 1. The molecular formula is C23H20ClF3N10O. The van der Waals surface area contributed by atoms with Gasteiger partial charge in [0.05, 0.1) is 28.9 Å². The fourth-order valence-corrected chi connectivity index (χ4v) is 3.97. The molecule has 3 aromatic heterocycles. The van der Waals surface area contributed by atoms with E-state index in [9.17, 15) is 23.2 Å². The predicted octanol–water partition coefficient (Wildman–Crippen LogP) is 3.17. The van der Waals surface area contributed by atoms with Crippen LogP contribution in [0, 0.1) is 18.3 Å². The third-order valence-corrected chi connectivity index (χ3v) is 5.75. The second kappa shape index (κ2) is 11.0. The van der Waals surface area contributed by atoms with Gasteiger partial charge >= 0.3 is 6.18 Å². The second-order valence-corrected chi connectivity index (χ2v) is 8.55. The molecule has 1 aromatic carbocycles. The number of halogens is 4. The molecule has 0 saturated carbocycles. The van der Waals surface area contributed by atoms with Gasteiger partial charge in [-0.25, -0.2) is 14.3 Å². The van der Waals surface area contributed by atoms with E-state index in [1.807, 2.05) is 0 Å². The molecule has 0 aliphatic heterocycles. The number of anilines is 1. The zero-order valence-corrected chi connectivity index (χ0v) is 20.8. The molecule has 0 aliphatic carbocycles. The fourth-order valence-electron chi connectivity index (χ4n) is 3.77. The lowest BCUT2D eigenvalue weighted by atomic mass is 10.0. The summed E-state index contributed by atoms with van der Waals surface area (Å²) >= 11 is 6.29. The first-order valence-corrected chi connectivity index (χ1v) is 11.5. The highest BCUT2D eigenvalue weighted by atomic mass is 35.5. The van der Waals surface area contributed by atoms with Crippen molar-refractivity contribution in [2.45, 2.75) is 26.1 Å². The van der Waals surface area contributed by atoms with Crippen LogP contribution in [-0.4, -0.2) is 54.5 Å². The Morgan fingerprint density at radius 2 is 2.05 bits per heavy atom. The summed E-state index contributed by atoms with van der Waals surface area (Å²) < 4.78 is 41.5. The first-order valence-electron chi connectivity index (χ1n) is 11.1. The molecule has 3 heterocycles. The molecule has 0 spiro atoms. The number of benzene rings is 1. The number of nitrogens with zero attached hydrogens (tertiary/aromatic N) is 8. The Hall–Kier alpha value is -4.35. The third kappa shape index (κ3) is 5.63. The van der Waals surface area contributed by atoms with Gasteiger partial charge in [-0.1, -0.05) is 11.6 Å². The Labute approximate surface area is 219 Å². The number of hydrogen-bond donors (Lipinski definition) is 2. The first-order chi connectivity index (χ1) is 18.1. The van der Waals surface area contributed by atoms with Gasteiger partial charge in [0.25, 0.3) is 11.7 Å². The van der Waals surface area contributed by atoms with Crippen molar-refractivity contribution >= 4 is 23.2 Å². The molecule has 38 heavy (non-hydrogen) atoms. The van der Waals surface area contributed by atoms with Crippen molar-refractivity contribution in [3.8, 4) is 11.9 Å². The molecule has 0 atom stereocenters. The Morgan fingerprint density at radius 1 is 1.26 bits per heavy atom. The maximum absolute atomic E-state index is 13.5. The molecule has 4 aromatic rings. The molecule has 2 N–H and O–H groups in total. The van der Waals surface area contributed by atoms with Crippen LogP contribution in [0.15, 0.2) is 36.5 Å². The van der Waals surface area contributed by atoms with Crippen molar-refractivity contribution in [1.29, 1.82) is 5.26 Å². The number of carbonyl (C=O) groups excluding carboxylic acids is 1. The number of nitriles is 1. The zero-order chi connectivity index (χ0) is 27.4. The first kappa shape index (κ1) is 26.7. The van der Waals surface area contributed by atoms with E-state index in [0.29, 0.717) is 34.5 Å². The predicted molar refractivity (Wildman–Crippen MR) is 130 cm³/mol. The van der Waals surface area contributed by atoms with E-state index >= 15 is 0 Å². The van der Waals surface area contributed by atoms with Gasteiger partial charge in [-0.2, -0.15) is 23.5 Å². The Morgan fingerprint density at radius 3 is 2.74 bits per heavy atom. The van der Waals surface area contributed by atoms with Gasteiger partial charge in [-0.3, -0.25) is 4.79 Å². The van der Waals surface area contributed by atoms with Crippen molar-refractivity contribution in [3.05, 3.63) is 75.5 Å². The second-order valence-electron chi connectivity index (χ2n) is 8.15. The van der Waals surface area contributed by atoms with E-state index in [1.165, 1.54) is 18.3 Å². The number of amides is 1. The number of pyridine rings is 1. The molecular weight excluding hydrogens is 525 g/mol. The molecule has 15 heteroatoms. The summed E-state index contributed by atoms with van der Waals surface area (Å²) in [5.41, 5.74) is 2.36. The third-order valence-electron chi connectivity index (χ3n) is 5.46. The average Bonchev–Trinajstić information content (AvgIpc) is 3.52. The summed E-state index contributed by atoms with van der Waals surface area (Å²) in [5.74, 6) is -1.82. The van der Waals surface area contributed by atoms with Crippen LogP contribution in [0.2, 0.25) is 5.02 Å². The minimum absolute atomic E-state index is 0.0365. The van der Waals surface area contributed by atoms with Gasteiger partial charge in [0.15, 0.2) is 5.82 Å². The Bertz CT molecular complexity index is 1520. The van der Waals surface area contributed by atoms with E-state index in [4.69, 9.17) is 11.6 Å². The smallest absolute Gasteiger partial charge is 0.320 e. The molecule has 0 aliphatic rings. The summed E-state index contributed by atoms with van der Waals surface area (Å²) in [4.78, 5) is 17.7. The average molecular weight is 545 g/mol. The van der Waals surface area contributed by atoms with Crippen LogP contribution in [0.1, 0.15) is 38.7 Å². The number of rotatable bonds is 8. The Kier molecular flexibility index (Phi) is 7.70. The highest BCUT2D eigenvalue weighted by molar-refractivity contribution is 6.32. The molecule has 0 saturated heterocycles. The number of aromatic nitrogens is 7. The fraction of sp³-hybridized carbons (Fsp3) is 0.261. The van der Waals surface area contributed by atoms with Crippen LogP contribution < -0.4 is 10.6 Å². The zero-order valence-electron chi connectivity index (χ0n) is 20.1. The molecule has 0 unspecified atom stereocenters. The number of likely N-dealkylation sites (N-methyl/N-ethyl adjacent to an activating group) is 1. The highest BCUT2D eigenvalue weighted by Crippen LogP contribution is 2.28. The molecule has 0 radical (unpaired) electrons. The number of hydrogen-bond acceptors (Lipinski definition) is 8. The van der Waals surface area contributed by atoms with E-state index in [2.05, 4.69) is 42.3 Å². The van der Waals surface area contributed by atoms with Crippen molar-refractivity contribution in [2.24, 2.45) is 0 Å². The molecule has 196 valence electrons. The quantitative estimate of drug-likeness (QED) is 0.345. The van der Waals surface area contributed by atoms with Gasteiger partial charge in [-0.05, 0) is 78.8 Å². The van der Waals surface area contributed by atoms with Crippen LogP contribution in [-0.2, 0) is 19.1 Å². The lowest BCUT2D eigenvalue weighted by Gasteiger charge is -2.15. The van der Waals surface area contributed by atoms with Crippen LogP contribution >= 0.6 is 11.6 Å². The summed E-state index contributed by atoms with van der Waals surface area (Å²) in [6, 6.07) is 9.88. The SMILES string of the molecule is CNCCc1cc(C#N)cc(C)c1NC(=O)c1cc(Cn2nnnc2C(F)(F)F)nn1-c1ncccc1Cl. The van der Waals surface area contributed by atoms with E-state index in [1.54, 1.807) is 32.2 Å². The summed E-state index contributed by atoms with van der Waals surface area (Å²) in [7, 11) is 1.78. The van der Waals surface area contributed by atoms with Crippen LogP contribution in [0.4, 0.5) is 18.9 Å². The van der Waals surface area contributed by atoms with Crippen molar-refractivity contribution in [3.63, 3.8) is 0 Å². The maximum atomic E-state index is 13.5. The minimum Gasteiger partial charge on any atom is -0.320 e. The molecule has 11 nitrogen and oxygen atoms in total. The van der Waals surface area contributed by atoms with E-state index < -0.39 is 24.5 Å². The normalized spacial score (nSPS) is 11.4. The summed E-state index contributed by atoms with van der Waals surface area (Å²) in [5, 5.41) is 29.2. The largest absolute Gasteiger partial charge is 0.453 e. The van der Waals surface area contributed by atoms with E-state index in [-0.39, 0.29) is 22.2 Å². The molecule has 4 rings (SSSR count). The van der Waals surface area contributed by atoms with Gasteiger partial charge < -0.3 is 10.6 Å². The maximum Gasteiger partial charge on any atom is 0.453 e. The van der Waals surface area contributed by atoms with Crippen LogP contribution in [0.3, 0.4) is 0 Å². The van der Waals surface area contributed by atoms with Crippen molar-refractivity contribution in [1.82, 2.24) is 40.3 Å². The lowest BCUT2D eigenvalue weighted by molar-refractivity contribution is -0.147. The monoisotopic (exact) mass is 544 g/mol. The van der Waals surface area contributed by atoms with Gasteiger partial charge in [0.1, 0.15) is 5.69 Å². The summed E-state index contributed by atoms with van der Waals surface area (Å²) in [6.45, 7) is 1.88. The summed E-state index contributed by atoms with van der Waals surface area (Å²) in [6.07, 6.45) is -2.82. The van der Waals surface area contributed by atoms with E-state index in [0.717, 1.165) is 10.2 Å². The standard InChI is InChI=1S/C23H20ClF3N10O/c1-13-8-14(11-28)9-15(5-7-29-2)19(13)31-21(38)18-10-16(12-36-22(23(25,26)27)32-34-35-36)33-37(18)20-17(24)4-3-6-30-20/h3-4,6,8-10,29H,5,7,12H2,1-2H3,(H,31,38). The number of aryl methyl sites for hydroxylation is 1. The molecule has 1 amide bonds. The highest BCUT2D eigenvalue weighted by Gasteiger charge is 2.38. The topological polar surface area (TPSA) is 139 Å². The molecule has 0 fully saturated rings. The van der Waals surface area contributed by atoms with Crippen LogP contribution in [0.25, 0.3) is 5.82 Å². The Balaban J connectivity index is 1.76. The van der Waals surface area contributed by atoms with Gasteiger partial charge in [-0.15, -0.1) is 5.10 Å². The van der Waals surface area contributed by atoms with Gasteiger partial charge in [0, 0.05) is 11.9 Å². The number of tetrazole rings is 1.